The second kappa shape index (κ2) is 7.17. The van der Waals surface area contributed by atoms with Crippen LogP contribution >= 0.6 is 22.9 Å². The molecule has 0 saturated carbocycles. The Hall–Kier alpha value is -2.64. The Kier molecular flexibility index (Phi) is 4.72. The van der Waals surface area contributed by atoms with Crippen molar-refractivity contribution in [3.63, 3.8) is 0 Å². The van der Waals surface area contributed by atoms with E-state index in [1.165, 1.54) is 11.3 Å². The third kappa shape index (κ3) is 3.61. The highest BCUT2D eigenvalue weighted by Crippen LogP contribution is 2.31. The molecule has 2 heterocycles. The van der Waals surface area contributed by atoms with E-state index in [-0.39, 0.29) is 18.2 Å². The summed E-state index contributed by atoms with van der Waals surface area (Å²) in [6.07, 6.45) is 0.174. The Balaban J connectivity index is 1.47. The number of hydrogen-bond donors (Lipinski definition) is 1. The third-order valence-electron chi connectivity index (χ3n) is 4.46. The van der Waals surface area contributed by atoms with Crippen LogP contribution in [0.3, 0.4) is 0 Å². The van der Waals surface area contributed by atoms with Crippen molar-refractivity contribution in [1.29, 1.82) is 0 Å². The fourth-order valence-corrected chi connectivity index (χ4v) is 4.07. The minimum atomic E-state index is -0.422. The first kappa shape index (κ1) is 17.8. The second-order valence-electron chi connectivity index (χ2n) is 6.22. The predicted octanol–water partition coefficient (Wildman–Crippen LogP) is 3.95. The Morgan fingerprint density at radius 1 is 1.30 bits per heavy atom. The lowest BCUT2D eigenvalue weighted by atomic mass is 10.1. The van der Waals surface area contributed by atoms with Crippen LogP contribution in [0.1, 0.15) is 6.42 Å². The number of benzene rings is 2. The van der Waals surface area contributed by atoms with E-state index in [2.05, 4.69) is 10.3 Å². The van der Waals surface area contributed by atoms with Gasteiger partial charge in [0.05, 0.1) is 23.2 Å². The van der Waals surface area contributed by atoms with Gasteiger partial charge in [0.25, 0.3) is 0 Å². The molecule has 1 aliphatic heterocycles. The molecule has 0 aliphatic carbocycles. The summed E-state index contributed by atoms with van der Waals surface area (Å²) in [6, 6.07) is 12.6. The fraction of sp³-hybridized carbons (Fsp3) is 0.211. The predicted molar refractivity (Wildman–Crippen MR) is 107 cm³/mol. The van der Waals surface area contributed by atoms with Gasteiger partial charge < -0.3 is 15.0 Å². The van der Waals surface area contributed by atoms with Crippen LogP contribution in [-0.4, -0.2) is 30.5 Å². The summed E-state index contributed by atoms with van der Waals surface area (Å²) in [4.78, 5) is 31.0. The Morgan fingerprint density at radius 3 is 2.81 bits per heavy atom. The van der Waals surface area contributed by atoms with Gasteiger partial charge in [-0.2, -0.15) is 0 Å². The van der Waals surface area contributed by atoms with Gasteiger partial charge in [-0.25, -0.2) is 4.98 Å². The lowest BCUT2D eigenvalue weighted by Gasteiger charge is -2.16. The van der Waals surface area contributed by atoms with Gasteiger partial charge in [-0.15, -0.1) is 0 Å². The molecule has 138 valence electrons. The van der Waals surface area contributed by atoms with Crippen molar-refractivity contribution in [2.24, 2.45) is 5.92 Å². The number of anilines is 2. The maximum absolute atomic E-state index is 12.6. The summed E-state index contributed by atoms with van der Waals surface area (Å²) in [5.74, 6) is 0.0380. The van der Waals surface area contributed by atoms with Gasteiger partial charge in [0, 0.05) is 23.7 Å². The molecule has 0 bridgehead atoms. The van der Waals surface area contributed by atoms with E-state index in [1.807, 2.05) is 18.2 Å². The highest BCUT2D eigenvalue weighted by molar-refractivity contribution is 7.22. The van der Waals surface area contributed by atoms with Crippen LogP contribution in [0.5, 0.6) is 5.75 Å². The number of carbonyl (C=O) groups excluding carboxylic acids is 2. The number of rotatable bonds is 4. The molecule has 0 unspecified atom stereocenters. The van der Waals surface area contributed by atoms with Gasteiger partial charge in [0.1, 0.15) is 5.75 Å². The summed E-state index contributed by atoms with van der Waals surface area (Å²) < 4.78 is 6.13. The molecule has 1 atom stereocenters. The molecule has 1 N–H and O–H groups in total. The average molecular weight is 402 g/mol. The summed E-state index contributed by atoms with van der Waals surface area (Å²) >= 11 is 7.27. The van der Waals surface area contributed by atoms with Crippen LogP contribution in [0.2, 0.25) is 5.02 Å². The molecule has 4 rings (SSSR count). The van der Waals surface area contributed by atoms with E-state index >= 15 is 0 Å². The molecule has 1 saturated heterocycles. The number of carbonyl (C=O) groups is 2. The van der Waals surface area contributed by atoms with Gasteiger partial charge in [-0.3, -0.25) is 9.59 Å². The number of thiazole rings is 1. The maximum atomic E-state index is 12.6. The number of hydrogen-bond acceptors (Lipinski definition) is 5. The Labute approximate surface area is 164 Å². The zero-order valence-electron chi connectivity index (χ0n) is 14.4. The normalized spacial score (nSPS) is 16.7. The average Bonchev–Trinajstić information content (AvgIpc) is 3.24. The molecule has 1 aromatic heterocycles. The number of methoxy groups -OCH3 is 1. The van der Waals surface area contributed by atoms with Gasteiger partial charge >= 0.3 is 0 Å². The Bertz CT molecular complexity index is 1020. The number of halogens is 1. The second-order valence-corrected chi connectivity index (χ2v) is 7.69. The van der Waals surface area contributed by atoms with Crippen molar-refractivity contribution >= 4 is 55.8 Å². The van der Waals surface area contributed by atoms with Crippen LogP contribution in [0.25, 0.3) is 10.2 Å². The lowest BCUT2D eigenvalue weighted by Crippen LogP contribution is -2.28. The minimum absolute atomic E-state index is 0.0773. The fourth-order valence-electron chi connectivity index (χ4n) is 3.05. The molecule has 1 fully saturated rings. The first-order valence-electron chi connectivity index (χ1n) is 8.35. The van der Waals surface area contributed by atoms with Gasteiger partial charge in [0.2, 0.25) is 11.8 Å². The molecule has 2 aromatic carbocycles. The largest absolute Gasteiger partial charge is 0.497 e. The molecule has 27 heavy (non-hydrogen) atoms. The summed E-state index contributed by atoms with van der Waals surface area (Å²) in [5, 5.41) is 3.96. The van der Waals surface area contributed by atoms with E-state index in [1.54, 1.807) is 36.3 Å². The zero-order valence-corrected chi connectivity index (χ0v) is 16.0. The Morgan fingerprint density at radius 2 is 2.07 bits per heavy atom. The van der Waals surface area contributed by atoms with Gasteiger partial charge in [-0.05, 0) is 42.5 Å². The van der Waals surface area contributed by atoms with E-state index in [0.717, 1.165) is 21.7 Å². The van der Waals surface area contributed by atoms with E-state index < -0.39 is 5.92 Å². The molecule has 0 radical (unpaired) electrons. The third-order valence-corrected chi connectivity index (χ3v) is 5.65. The van der Waals surface area contributed by atoms with Crippen molar-refractivity contribution in [3.8, 4) is 5.75 Å². The highest BCUT2D eigenvalue weighted by atomic mass is 35.5. The van der Waals surface area contributed by atoms with Gasteiger partial charge in [0.15, 0.2) is 5.13 Å². The number of ether oxygens (including phenoxy) is 1. The van der Waals surface area contributed by atoms with E-state index in [9.17, 15) is 9.59 Å². The summed E-state index contributed by atoms with van der Waals surface area (Å²) in [7, 11) is 1.61. The van der Waals surface area contributed by atoms with Crippen molar-refractivity contribution in [3.05, 3.63) is 47.5 Å². The van der Waals surface area contributed by atoms with Crippen molar-refractivity contribution < 1.29 is 14.3 Å². The molecular weight excluding hydrogens is 386 g/mol. The molecule has 3 aromatic rings. The van der Waals surface area contributed by atoms with E-state index in [4.69, 9.17) is 16.3 Å². The number of nitrogens with zero attached hydrogens (tertiary/aromatic N) is 2. The number of amides is 2. The number of aromatic nitrogens is 1. The van der Waals surface area contributed by atoms with Crippen molar-refractivity contribution in [1.82, 2.24) is 4.98 Å². The zero-order chi connectivity index (χ0) is 19.0. The topological polar surface area (TPSA) is 71.5 Å². The smallest absolute Gasteiger partial charge is 0.231 e. The number of fused-ring (bicyclic) bond motifs is 1. The van der Waals surface area contributed by atoms with E-state index in [0.29, 0.717) is 16.7 Å². The molecular formula is C19H16ClN3O3S. The molecule has 0 spiro atoms. The molecule has 2 amide bonds. The summed E-state index contributed by atoms with van der Waals surface area (Å²) in [6.45, 7) is 0.338. The van der Waals surface area contributed by atoms with Crippen LogP contribution < -0.4 is 15.0 Å². The minimum Gasteiger partial charge on any atom is -0.497 e. The van der Waals surface area contributed by atoms with Gasteiger partial charge in [-0.1, -0.05) is 22.9 Å². The highest BCUT2D eigenvalue weighted by Gasteiger charge is 2.35. The molecule has 1 aliphatic rings. The van der Waals surface area contributed by atoms with Crippen LogP contribution in [0.15, 0.2) is 42.5 Å². The first-order chi connectivity index (χ1) is 13.0. The van der Waals surface area contributed by atoms with Crippen LogP contribution in [0.4, 0.5) is 10.8 Å². The van der Waals surface area contributed by atoms with Crippen LogP contribution in [0, 0.1) is 5.92 Å². The number of nitrogens with one attached hydrogen (secondary N) is 1. The quantitative estimate of drug-likeness (QED) is 0.718. The lowest BCUT2D eigenvalue weighted by molar-refractivity contribution is -0.122. The summed E-state index contributed by atoms with van der Waals surface area (Å²) in [5.41, 5.74) is 1.54. The standard InChI is InChI=1S/C19H16ClN3O3S/c1-26-14-6-7-15-16(9-14)27-19(21-15)22-18(25)11-8-17(24)23(10-11)13-4-2-12(20)3-5-13/h2-7,9,11H,8,10H2,1H3,(H,21,22,25)/t11-/m1/s1. The van der Waals surface area contributed by atoms with Crippen molar-refractivity contribution in [2.75, 3.05) is 23.9 Å². The van der Waals surface area contributed by atoms with Crippen molar-refractivity contribution in [2.45, 2.75) is 6.42 Å². The maximum Gasteiger partial charge on any atom is 0.231 e. The SMILES string of the molecule is COc1ccc2nc(NC(=O)[C@@H]3CC(=O)N(c4ccc(Cl)cc4)C3)sc2c1. The monoisotopic (exact) mass is 401 g/mol. The first-order valence-corrected chi connectivity index (χ1v) is 9.54. The van der Waals surface area contributed by atoms with Crippen LogP contribution in [-0.2, 0) is 9.59 Å². The molecule has 8 heteroatoms. The molecule has 6 nitrogen and oxygen atoms in total.